The fraction of sp³-hybridized carbons (Fsp3) is 0.0714. The van der Waals surface area contributed by atoms with Gasteiger partial charge < -0.3 is 4.98 Å². The molecule has 0 saturated carbocycles. The minimum Gasteiger partial charge on any atom is -0.350 e. The number of H-pyrrole nitrogens is 1. The summed E-state index contributed by atoms with van der Waals surface area (Å²) in [6.07, 6.45) is 4.51. The van der Waals surface area contributed by atoms with E-state index >= 15 is 0 Å². The van der Waals surface area contributed by atoms with Crippen molar-refractivity contribution in [3.63, 3.8) is 0 Å². The quantitative estimate of drug-likeness (QED) is 0.810. The maximum atomic E-state index is 4.36. The highest BCUT2D eigenvalue weighted by molar-refractivity contribution is 5.18. The van der Waals surface area contributed by atoms with Crippen molar-refractivity contribution in [2.75, 3.05) is 0 Å². The second-order valence-corrected chi connectivity index (χ2v) is 3.47. The molecule has 0 spiro atoms. The lowest BCUT2D eigenvalue weighted by Crippen LogP contribution is -1.92. The molecule has 2 heteroatoms. The molecule has 0 aliphatic carbocycles. The number of rotatable bonds is 2. The largest absolute Gasteiger partial charge is 0.350 e. The molecule has 0 unspecified atom stereocenters. The van der Waals surface area contributed by atoms with Crippen molar-refractivity contribution in [3.05, 3.63) is 78.4 Å². The zero-order valence-corrected chi connectivity index (χ0v) is 9.01. The van der Waals surface area contributed by atoms with E-state index < -0.39 is 0 Å². The summed E-state index contributed by atoms with van der Waals surface area (Å²) in [5, 5.41) is 0. The van der Waals surface area contributed by atoms with Gasteiger partial charge in [-0.05, 0) is 17.7 Å². The summed E-state index contributed by atoms with van der Waals surface area (Å²) in [4.78, 5) is 7.54. The van der Waals surface area contributed by atoms with Crippen LogP contribution in [0.4, 0.5) is 0 Å². The maximum absolute atomic E-state index is 4.36. The van der Waals surface area contributed by atoms with E-state index in [1.165, 1.54) is 5.56 Å². The van der Waals surface area contributed by atoms with Crippen molar-refractivity contribution in [1.29, 1.82) is 0 Å². The van der Waals surface area contributed by atoms with E-state index in [1.807, 2.05) is 48.7 Å². The number of benzene rings is 1. The van der Waals surface area contributed by atoms with Gasteiger partial charge in [-0.25, -0.2) is 4.98 Å². The van der Waals surface area contributed by atoms with Gasteiger partial charge in [-0.2, -0.15) is 0 Å². The summed E-state index contributed by atoms with van der Waals surface area (Å²) in [6, 6.07) is 18.1. The normalized spacial score (nSPS) is 9.50. The van der Waals surface area contributed by atoms with Gasteiger partial charge in [0.05, 0.1) is 0 Å². The molecule has 1 aromatic heterocycles. The van der Waals surface area contributed by atoms with Gasteiger partial charge in [-0.3, -0.25) is 0 Å². The molecule has 0 saturated heterocycles. The third-order valence-corrected chi connectivity index (χ3v) is 2.21. The highest BCUT2D eigenvalue weighted by Crippen LogP contribution is 2.02. The Hall–Kier alpha value is -2.09. The van der Waals surface area contributed by atoms with E-state index in [1.54, 1.807) is 6.20 Å². The number of nitrogens with one attached hydrogen (secondary N) is 1. The van der Waals surface area contributed by atoms with Crippen LogP contribution in [0.25, 0.3) is 0 Å². The van der Waals surface area contributed by atoms with Gasteiger partial charge in [0, 0.05) is 18.8 Å². The molecule has 2 rings (SSSR count). The van der Waals surface area contributed by atoms with Gasteiger partial charge in [0.25, 0.3) is 0 Å². The van der Waals surface area contributed by atoms with Crippen LogP contribution in [0.3, 0.4) is 0 Å². The standard InChI is InChI=1S/C14H14N2/c1-2-7-11-16-14(15-10-6-1)12-13-8-4-3-5-9-13/h1-11H,12H2,(H,15,16). The highest BCUT2D eigenvalue weighted by atomic mass is 14.8. The van der Waals surface area contributed by atoms with Crippen LogP contribution in [-0.4, -0.2) is 9.97 Å². The SMILES string of the molecule is c1ccc[nH]c(Cc2ccccc2)ncc1. The van der Waals surface area contributed by atoms with Gasteiger partial charge in [-0.15, -0.1) is 0 Å². The molecular formula is C14H14N2. The fourth-order valence-corrected chi connectivity index (χ4v) is 1.43. The van der Waals surface area contributed by atoms with Crippen LogP contribution >= 0.6 is 0 Å². The molecule has 0 amide bonds. The predicted octanol–water partition coefficient (Wildman–Crippen LogP) is 3.12. The molecule has 0 aliphatic rings. The van der Waals surface area contributed by atoms with Crippen molar-refractivity contribution >= 4 is 0 Å². The third kappa shape index (κ3) is 3.24. The van der Waals surface area contributed by atoms with Crippen LogP contribution in [-0.2, 0) is 6.42 Å². The van der Waals surface area contributed by atoms with Crippen LogP contribution < -0.4 is 0 Å². The second kappa shape index (κ2) is 5.71. The van der Waals surface area contributed by atoms with Crippen molar-refractivity contribution < 1.29 is 0 Å². The molecule has 0 radical (unpaired) electrons. The Balaban J connectivity index is 2.26. The van der Waals surface area contributed by atoms with Gasteiger partial charge in [0.2, 0.25) is 0 Å². The molecule has 0 atom stereocenters. The first kappa shape index (κ1) is 10.4. The lowest BCUT2D eigenvalue weighted by molar-refractivity contribution is 0.985. The molecule has 1 N–H and O–H groups in total. The fourth-order valence-electron chi connectivity index (χ4n) is 1.43. The first-order valence-electron chi connectivity index (χ1n) is 5.30. The molecule has 2 aromatic rings. The Labute approximate surface area is 95.3 Å². The average molecular weight is 210 g/mol. The average Bonchev–Trinajstić information content (AvgIpc) is 2.45. The van der Waals surface area contributed by atoms with Crippen LogP contribution in [0.1, 0.15) is 11.4 Å². The minimum atomic E-state index is 0.815. The van der Waals surface area contributed by atoms with E-state index in [4.69, 9.17) is 0 Å². The molecule has 0 fully saturated rings. The third-order valence-electron chi connectivity index (χ3n) is 2.21. The Kier molecular flexibility index (Phi) is 3.72. The summed E-state index contributed by atoms with van der Waals surface area (Å²) >= 11 is 0. The number of nitrogens with zero attached hydrogens (tertiary/aromatic N) is 1. The monoisotopic (exact) mass is 210 g/mol. The zero-order valence-electron chi connectivity index (χ0n) is 9.01. The van der Waals surface area contributed by atoms with E-state index in [2.05, 4.69) is 22.1 Å². The number of aromatic nitrogens is 2. The Morgan fingerprint density at radius 1 is 0.875 bits per heavy atom. The predicted molar refractivity (Wildman–Crippen MR) is 65.5 cm³/mol. The second-order valence-electron chi connectivity index (χ2n) is 3.47. The topological polar surface area (TPSA) is 28.7 Å². The van der Waals surface area contributed by atoms with E-state index in [9.17, 15) is 0 Å². The van der Waals surface area contributed by atoms with Crippen LogP contribution in [0.15, 0.2) is 67.0 Å². The molecule has 1 aromatic carbocycles. The first-order valence-corrected chi connectivity index (χ1v) is 5.30. The molecule has 16 heavy (non-hydrogen) atoms. The van der Waals surface area contributed by atoms with E-state index in [-0.39, 0.29) is 0 Å². The van der Waals surface area contributed by atoms with Gasteiger partial charge in [0.15, 0.2) is 0 Å². The maximum Gasteiger partial charge on any atom is 0.110 e. The van der Waals surface area contributed by atoms with Gasteiger partial charge in [-0.1, -0.05) is 42.5 Å². The smallest absolute Gasteiger partial charge is 0.110 e. The van der Waals surface area contributed by atoms with Crippen LogP contribution in [0.5, 0.6) is 0 Å². The lowest BCUT2D eigenvalue weighted by atomic mass is 10.1. The van der Waals surface area contributed by atoms with Crippen LogP contribution in [0.2, 0.25) is 0 Å². The summed E-state index contributed by atoms with van der Waals surface area (Å²) in [6.45, 7) is 0. The molecule has 1 heterocycles. The van der Waals surface area contributed by atoms with Crippen molar-refractivity contribution in [2.24, 2.45) is 0 Å². The van der Waals surface area contributed by atoms with Crippen molar-refractivity contribution in [2.45, 2.75) is 6.42 Å². The Morgan fingerprint density at radius 2 is 1.62 bits per heavy atom. The summed E-state index contributed by atoms with van der Waals surface area (Å²) in [7, 11) is 0. The van der Waals surface area contributed by atoms with E-state index in [0.717, 1.165) is 12.2 Å². The first-order chi connectivity index (χ1) is 7.95. The van der Waals surface area contributed by atoms with Crippen molar-refractivity contribution in [1.82, 2.24) is 9.97 Å². The Morgan fingerprint density at radius 3 is 2.50 bits per heavy atom. The molecule has 0 bridgehead atoms. The summed E-state index contributed by atoms with van der Waals surface area (Å²) in [5.41, 5.74) is 1.25. The number of hydrogen-bond donors (Lipinski definition) is 1. The van der Waals surface area contributed by atoms with Gasteiger partial charge >= 0.3 is 0 Å². The highest BCUT2D eigenvalue weighted by Gasteiger charge is 1.93. The summed E-state index contributed by atoms with van der Waals surface area (Å²) < 4.78 is 0. The van der Waals surface area contributed by atoms with Crippen LogP contribution in [0, 0.1) is 0 Å². The zero-order chi connectivity index (χ0) is 11.1. The van der Waals surface area contributed by atoms with E-state index in [0.29, 0.717) is 0 Å². The molecule has 2 nitrogen and oxygen atoms in total. The minimum absolute atomic E-state index is 0.815. The molecule has 80 valence electrons. The number of aromatic amines is 1. The number of hydrogen-bond acceptors (Lipinski definition) is 1. The van der Waals surface area contributed by atoms with Gasteiger partial charge in [0.1, 0.15) is 5.82 Å². The summed E-state index contributed by atoms with van der Waals surface area (Å²) in [5.74, 6) is 0.947. The van der Waals surface area contributed by atoms with Crippen molar-refractivity contribution in [3.8, 4) is 0 Å². The Bertz CT molecular complexity index is 449. The molecular weight excluding hydrogens is 196 g/mol. The molecule has 0 aliphatic heterocycles. The lowest BCUT2D eigenvalue weighted by Gasteiger charge is -1.98.